The molecule has 0 bridgehead atoms. The molecule has 0 radical (unpaired) electrons. The van der Waals surface area contributed by atoms with Crippen LogP contribution in [0.3, 0.4) is 0 Å². The third-order valence-electron chi connectivity index (χ3n) is 3.07. The second-order valence-corrected chi connectivity index (χ2v) is 4.44. The summed E-state index contributed by atoms with van der Waals surface area (Å²) in [6, 6.07) is 4.34. The van der Waals surface area contributed by atoms with Gasteiger partial charge in [0.1, 0.15) is 11.9 Å². The zero-order valence-corrected chi connectivity index (χ0v) is 9.76. The lowest BCUT2D eigenvalue weighted by Crippen LogP contribution is -2.20. The van der Waals surface area contributed by atoms with Gasteiger partial charge in [-0.25, -0.2) is 0 Å². The molecule has 0 aromatic heterocycles. The second-order valence-electron chi connectivity index (χ2n) is 4.44. The molecule has 1 N–H and O–H groups in total. The van der Waals surface area contributed by atoms with E-state index in [1.165, 1.54) is 16.7 Å². The topological polar surface area (TPSA) is 21.3 Å². The summed E-state index contributed by atoms with van der Waals surface area (Å²) >= 11 is 0. The first-order chi connectivity index (χ1) is 7.16. The van der Waals surface area contributed by atoms with Gasteiger partial charge in [-0.1, -0.05) is 6.07 Å². The quantitative estimate of drug-likeness (QED) is 0.800. The summed E-state index contributed by atoms with van der Waals surface area (Å²) in [5.74, 6) is 1.06. The molecule has 0 aliphatic carbocycles. The highest BCUT2D eigenvalue weighted by Gasteiger charge is 2.17. The van der Waals surface area contributed by atoms with Crippen molar-refractivity contribution in [1.29, 1.82) is 0 Å². The van der Waals surface area contributed by atoms with Gasteiger partial charge in [-0.2, -0.15) is 0 Å². The molecule has 0 amide bonds. The fraction of sp³-hybridized carbons (Fsp3) is 0.538. The molecule has 1 aromatic carbocycles. The van der Waals surface area contributed by atoms with Gasteiger partial charge in [0.25, 0.3) is 0 Å². The standard InChI is InChI=1S/C13H19NO/c1-9-6-10(2)11(3)13(7-9)15-12-4-5-14-8-12/h6-7,12,14H,4-5,8H2,1-3H3/t12-/m0/s1. The van der Waals surface area contributed by atoms with Crippen molar-refractivity contribution in [2.45, 2.75) is 33.3 Å². The maximum absolute atomic E-state index is 6.01. The van der Waals surface area contributed by atoms with E-state index in [0.29, 0.717) is 6.10 Å². The van der Waals surface area contributed by atoms with Crippen molar-refractivity contribution in [3.8, 4) is 5.75 Å². The van der Waals surface area contributed by atoms with Gasteiger partial charge in [-0.05, 0) is 56.5 Å². The van der Waals surface area contributed by atoms with Gasteiger partial charge in [-0.15, -0.1) is 0 Å². The Bertz CT molecular complexity index is 354. The minimum atomic E-state index is 0.352. The molecule has 1 saturated heterocycles. The summed E-state index contributed by atoms with van der Waals surface area (Å²) in [5, 5.41) is 3.32. The van der Waals surface area contributed by atoms with Crippen LogP contribution in [-0.4, -0.2) is 19.2 Å². The SMILES string of the molecule is Cc1cc(C)c(C)c(O[C@H]2CCNC2)c1. The van der Waals surface area contributed by atoms with Crippen molar-refractivity contribution in [2.24, 2.45) is 0 Å². The molecule has 1 atom stereocenters. The zero-order valence-electron chi connectivity index (χ0n) is 9.76. The lowest BCUT2D eigenvalue weighted by atomic mass is 10.1. The monoisotopic (exact) mass is 205 g/mol. The third-order valence-corrected chi connectivity index (χ3v) is 3.07. The number of hydrogen-bond donors (Lipinski definition) is 1. The number of nitrogens with one attached hydrogen (secondary N) is 1. The predicted molar refractivity (Wildman–Crippen MR) is 62.6 cm³/mol. The van der Waals surface area contributed by atoms with Crippen LogP contribution < -0.4 is 10.1 Å². The second kappa shape index (κ2) is 4.23. The Morgan fingerprint density at radius 1 is 1.27 bits per heavy atom. The molecule has 0 spiro atoms. The minimum absolute atomic E-state index is 0.352. The van der Waals surface area contributed by atoms with E-state index in [9.17, 15) is 0 Å². The normalized spacial score (nSPS) is 20.6. The molecule has 2 nitrogen and oxygen atoms in total. The molecule has 1 heterocycles. The fourth-order valence-electron chi connectivity index (χ4n) is 2.03. The smallest absolute Gasteiger partial charge is 0.123 e. The third kappa shape index (κ3) is 2.32. The number of ether oxygens (including phenoxy) is 1. The van der Waals surface area contributed by atoms with E-state index in [-0.39, 0.29) is 0 Å². The lowest BCUT2D eigenvalue weighted by Gasteiger charge is -2.16. The molecule has 1 aliphatic heterocycles. The van der Waals surface area contributed by atoms with Gasteiger partial charge in [0.05, 0.1) is 0 Å². The van der Waals surface area contributed by atoms with Crippen molar-refractivity contribution in [3.05, 3.63) is 28.8 Å². The van der Waals surface area contributed by atoms with Crippen molar-refractivity contribution in [1.82, 2.24) is 5.32 Å². The van der Waals surface area contributed by atoms with Crippen LogP contribution in [0.4, 0.5) is 0 Å². The molecule has 0 saturated carbocycles. The highest BCUT2D eigenvalue weighted by atomic mass is 16.5. The van der Waals surface area contributed by atoms with Crippen LogP contribution in [0, 0.1) is 20.8 Å². The van der Waals surface area contributed by atoms with E-state index in [4.69, 9.17) is 4.74 Å². The molecule has 2 heteroatoms. The van der Waals surface area contributed by atoms with Crippen LogP contribution >= 0.6 is 0 Å². The average molecular weight is 205 g/mol. The number of hydrogen-bond acceptors (Lipinski definition) is 2. The summed E-state index contributed by atoms with van der Waals surface area (Å²) < 4.78 is 6.01. The Morgan fingerprint density at radius 2 is 2.07 bits per heavy atom. The van der Waals surface area contributed by atoms with Crippen LogP contribution in [-0.2, 0) is 0 Å². The predicted octanol–water partition coefficient (Wildman–Crippen LogP) is 2.35. The van der Waals surface area contributed by atoms with E-state index in [2.05, 4.69) is 38.2 Å². The highest BCUT2D eigenvalue weighted by Crippen LogP contribution is 2.25. The molecule has 2 rings (SSSR count). The first kappa shape index (κ1) is 10.5. The van der Waals surface area contributed by atoms with Crippen LogP contribution in [0.1, 0.15) is 23.1 Å². The van der Waals surface area contributed by atoms with Crippen LogP contribution in [0.5, 0.6) is 5.75 Å². The van der Waals surface area contributed by atoms with Gasteiger partial charge >= 0.3 is 0 Å². The summed E-state index contributed by atoms with van der Waals surface area (Å²) in [4.78, 5) is 0. The van der Waals surface area contributed by atoms with Gasteiger partial charge < -0.3 is 10.1 Å². The first-order valence-corrected chi connectivity index (χ1v) is 5.62. The summed E-state index contributed by atoms with van der Waals surface area (Å²) in [5.41, 5.74) is 3.86. The van der Waals surface area contributed by atoms with Gasteiger partial charge in [0.2, 0.25) is 0 Å². The van der Waals surface area contributed by atoms with Crippen LogP contribution in [0.25, 0.3) is 0 Å². The van der Waals surface area contributed by atoms with Gasteiger partial charge in [-0.3, -0.25) is 0 Å². The molecule has 1 aliphatic rings. The molecule has 82 valence electrons. The maximum Gasteiger partial charge on any atom is 0.123 e. The summed E-state index contributed by atoms with van der Waals surface area (Å²) in [7, 11) is 0. The number of aryl methyl sites for hydroxylation is 2. The molecular formula is C13H19NO. The molecule has 15 heavy (non-hydrogen) atoms. The Morgan fingerprint density at radius 3 is 2.73 bits per heavy atom. The van der Waals surface area contributed by atoms with E-state index < -0.39 is 0 Å². The first-order valence-electron chi connectivity index (χ1n) is 5.62. The van der Waals surface area contributed by atoms with Crippen LogP contribution in [0.15, 0.2) is 12.1 Å². The van der Waals surface area contributed by atoms with Crippen molar-refractivity contribution < 1.29 is 4.74 Å². The maximum atomic E-state index is 6.01. The van der Waals surface area contributed by atoms with E-state index in [0.717, 1.165) is 25.3 Å². The average Bonchev–Trinajstić information content (AvgIpc) is 2.66. The lowest BCUT2D eigenvalue weighted by molar-refractivity contribution is 0.221. The van der Waals surface area contributed by atoms with E-state index >= 15 is 0 Å². The van der Waals surface area contributed by atoms with Crippen molar-refractivity contribution >= 4 is 0 Å². The van der Waals surface area contributed by atoms with E-state index in [1.54, 1.807) is 0 Å². The minimum Gasteiger partial charge on any atom is -0.489 e. The Kier molecular flexibility index (Phi) is 2.96. The zero-order chi connectivity index (χ0) is 10.8. The number of benzene rings is 1. The summed E-state index contributed by atoms with van der Waals surface area (Å²) in [6.45, 7) is 8.45. The Balaban J connectivity index is 2.19. The van der Waals surface area contributed by atoms with Gasteiger partial charge in [0, 0.05) is 6.54 Å². The Labute approximate surface area is 91.6 Å². The highest BCUT2D eigenvalue weighted by molar-refractivity contribution is 5.42. The Hall–Kier alpha value is -1.02. The van der Waals surface area contributed by atoms with Gasteiger partial charge in [0.15, 0.2) is 0 Å². The van der Waals surface area contributed by atoms with Crippen molar-refractivity contribution in [2.75, 3.05) is 13.1 Å². The summed E-state index contributed by atoms with van der Waals surface area (Å²) in [6.07, 6.45) is 1.47. The molecule has 1 aromatic rings. The molecular weight excluding hydrogens is 186 g/mol. The largest absolute Gasteiger partial charge is 0.489 e. The van der Waals surface area contributed by atoms with Crippen LogP contribution in [0.2, 0.25) is 0 Å². The van der Waals surface area contributed by atoms with Crippen molar-refractivity contribution in [3.63, 3.8) is 0 Å². The fourth-order valence-corrected chi connectivity index (χ4v) is 2.03. The number of rotatable bonds is 2. The van der Waals surface area contributed by atoms with E-state index in [1.807, 2.05) is 0 Å². The molecule has 0 unspecified atom stereocenters. The molecule has 1 fully saturated rings.